The molecule has 0 amide bonds. The zero-order valence-corrected chi connectivity index (χ0v) is 11.1. The number of hydrogen-bond donors (Lipinski definition) is 0. The molecule has 0 radical (unpaired) electrons. The maximum absolute atomic E-state index is 10.9. The number of pyridine rings is 1. The summed E-state index contributed by atoms with van der Waals surface area (Å²) >= 11 is 1.33. The molecule has 2 aromatic rings. The van der Waals surface area contributed by atoms with Gasteiger partial charge in [0.05, 0.1) is 12.0 Å². The Kier molecular flexibility index (Phi) is 4.35. The normalized spacial score (nSPS) is 10.2. The fourth-order valence-electron chi connectivity index (χ4n) is 1.60. The third-order valence-electron chi connectivity index (χ3n) is 2.50. The Morgan fingerprint density at radius 3 is 2.84 bits per heavy atom. The van der Waals surface area contributed by atoms with Crippen LogP contribution in [0.25, 0.3) is 0 Å². The van der Waals surface area contributed by atoms with Gasteiger partial charge in [-0.2, -0.15) is 0 Å². The lowest BCUT2D eigenvalue weighted by atomic mass is 10.2. The highest BCUT2D eigenvalue weighted by atomic mass is 32.2. The Morgan fingerprint density at radius 1 is 1.32 bits per heavy atom. The molecule has 19 heavy (non-hydrogen) atoms. The number of ether oxygens (including phenoxy) is 1. The predicted molar refractivity (Wildman–Crippen MR) is 73.4 cm³/mol. The summed E-state index contributed by atoms with van der Waals surface area (Å²) in [5, 5.41) is 11.3. The molecular weight excluding hydrogens is 264 g/mol. The summed E-state index contributed by atoms with van der Waals surface area (Å²) in [6.45, 7) is 0. The van der Waals surface area contributed by atoms with Gasteiger partial charge in [-0.05, 0) is 12.1 Å². The average molecular weight is 276 g/mol. The summed E-state index contributed by atoms with van der Waals surface area (Å²) in [5.41, 5.74) is 1.01. The quantitative estimate of drug-likeness (QED) is 0.476. The van der Waals surface area contributed by atoms with Gasteiger partial charge in [0.2, 0.25) is 0 Å². The number of methoxy groups -OCH3 is 1. The van der Waals surface area contributed by atoms with Crippen LogP contribution in [0.4, 0.5) is 5.69 Å². The Hall–Kier alpha value is -2.08. The number of nitrogens with zero attached hydrogens (tertiary/aromatic N) is 2. The number of rotatable bonds is 5. The lowest BCUT2D eigenvalue weighted by Gasteiger charge is -2.07. The Balaban J connectivity index is 2.17. The topological polar surface area (TPSA) is 65.3 Å². The minimum Gasteiger partial charge on any atom is -0.496 e. The monoisotopic (exact) mass is 276 g/mol. The number of aromatic nitrogens is 1. The summed E-state index contributed by atoms with van der Waals surface area (Å²) in [6.07, 6.45) is 1.55. The van der Waals surface area contributed by atoms with Crippen LogP contribution in [0.5, 0.6) is 5.75 Å². The molecule has 0 aliphatic carbocycles. The Bertz CT molecular complexity index is 590. The molecule has 0 fully saturated rings. The van der Waals surface area contributed by atoms with Gasteiger partial charge in [-0.15, -0.1) is 0 Å². The van der Waals surface area contributed by atoms with Gasteiger partial charge in [0.15, 0.2) is 5.03 Å². The molecule has 0 N–H and O–H groups in total. The molecule has 5 nitrogen and oxygen atoms in total. The van der Waals surface area contributed by atoms with E-state index in [1.807, 2.05) is 24.3 Å². The van der Waals surface area contributed by atoms with Gasteiger partial charge in [-0.1, -0.05) is 30.0 Å². The van der Waals surface area contributed by atoms with Crippen molar-refractivity contribution in [2.24, 2.45) is 0 Å². The number of para-hydroxylation sites is 1. The molecule has 1 heterocycles. The first-order valence-electron chi connectivity index (χ1n) is 5.56. The minimum atomic E-state index is -0.419. The van der Waals surface area contributed by atoms with Gasteiger partial charge in [-0.3, -0.25) is 10.1 Å². The minimum absolute atomic E-state index is 0.0300. The van der Waals surface area contributed by atoms with E-state index in [2.05, 4.69) is 4.98 Å². The van der Waals surface area contributed by atoms with Gasteiger partial charge in [0.25, 0.3) is 0 Å². The molecule has 0 aliphatic heterocycles. The summed E-state index contributed by atoms with van der Waals surface area (Å²) in [7, 11) is 1.60. The summed E-state index contributed by atoms with van der Waals surface area (Å²) in [6, 6.07) is 10.6. The van der Waals surface area contributed by atoms with Crippen LogP contribution in [0.2, 0.25) is 0 Å². The summed E-state index contributed by atoms with van der Waals surface area (Å²) < 4.78 is 5.24. The van der Waals surface area contributed by atoms with Crippen LogP contribution in [0.3, 0.4) is 0 Å². The SMILES string of the molecule is COc1ccccc1CSc1ncccc1[N+](=O)[O-]. The van der Waals surface area contributed by atoms with E-state index in [1.165, 1.54) is 17.8 Å². The Labute approximate surface area is 114 Å². The second-order valence-corrected chi connectivity index (χ2v) is 4.65. The predicted octanol–water partition coefficient (Wildman–Crippen LogP) is 3.29. The van der Waals surface area contributed by atoms with Crippen molar-refractivity contribution in [1.29, 1.82) is 0 Å². The van der Waals surface area contributed by atoms with Crippen molar-refractivity contribution < 1.29 is 9.66 Å². The van der Waals surface area contributed by atoms with Crippen molar-refractivity contribution >= 4 is 17.4 Å². The van der Waals surface area contributed by atoms with Crippen molar-refractivity contribution in [2.75, 3.05) is 7.11 Å². The van der Waals surface area contributed by atoms with Crippen molar-refractivity contribution in [3.63, 3.8) is 0 Å². The number of nitro groups is 1. The highest BCUT2D eigenvalue weighted by Crippen LogP contribution is 2.31. The Morgan fingerprint density at radius 2 is 2.11 bits per heavy atom. The maximum atomic E-state index is 10.9. The van der Waals surface area contributed by atoms with Crippen LogP contribution in [-0.4, -0.2) is 17.0 Å². The molecule has 0 saturated carbocycles. The van der Waals surface area contributed by atoms with Crippen LogP contribution in [0, 0.1) is 10.1 Å². The average Bonchev–Trinajstić information content (AvgIpc) is 2.45. The molecule has 0 unspecified atom stereocenters. The molecule has 98 valence electrons. The lowest BCUT2D eigenvalue weighted by molar-refractivity contribution is -0.388. The second kappa shape index (κ2) is 6.19. The highest BCUT2D eigenvalue weighted by Gasteiger charge is 2.15. The van der Waals surface area contributed by atoms with Crippen LogP contribution < -0.4 is 4.74 Å². The molecule has 6 heteroatoms. The largest absolute Gasteiger partial charge is 0.496 e. The van der Waals surface area contributed by atoms with E-state index >= 15 is 0 Å². The zero-order chi connectivity index (χ0) is 13.7. The molecule has 2 rings (SSSR count). The van der Waals surface area contributed by atoms with Crippen LogP contribution in [0.1, 0.15) is 5.56 Å². The number of thioether (sulfide) groups is 1. The maximum Gasteiger partial charge on any atom is 0.301 e. The molecule has 0 atom stereocenters. The molecule has 0 bridgehead atoms. The van der Waals surface area contributed by atoms with E-state index in [0.29, 0.717) is 10.8 Å². The summed E-state index contributed by atoms with van der Waals surface area (Å²) in [5.74, 6) is 1.34. The lowest BCUT2D eigenvalue weighted by Crippen LogP contribution is -1.94. The molecule has 0 saturated heterocycles. The first kappa shape index (κ1) is 13.4. The van der Waals surface area contributed by atoms with Gasteiger partial charge >= 0.3 is 5.69 Å². The van der Waals surface area contributed by atoms with Gasteiger partial charge in [-0.25, -0.2) is 4.98 Å². The number of hydrogen-bond acceptors (Lipinski definition) is 5. The van der Waals surface area contributed by atoms with Crippen molar-refractivity contribution in [2.45, 2.75) is 10.8 Å². The van der Waals surface area contributed by atoms with E-state index < -0.39 is 4.92 Å². The fourth-order valence-corrected chi connectivity index (χ4v) is 2.56. The van der Waals surface area contributed by atoms with Gasteiger partial charge in [0.1, 0.15) is 5.75 Å². The third-order valence-corrected chi connectivity index (χ3v) is 3.55. The van der Waals surface area contributed by atoms with Crippen molar-refractivity contribution in [3.8, 4) is 5.75 Å². The standard InChI is InChI=1S/C13H12N2O3S/c1-18-12-7-3-2-5-10(12)9-19-13-11(15(16)17)6-4-8-14-13/h2-8H,9H2,1H3. The first-order valence-corrected chi connectivity index (χ1v) is 6.55. The molecule has 0 spiro atoms. The first-order chi connectivity index (χ1) is 9.22. The van der Waals surface area contributed by atoms with Crippen LogP contribution >= 0.6 is 11.8 Å². The van der Waals surface area contributed by atoms with Gasteiger partial charge < -0.3 is 4.74 Å². The van der Waals surface area contributed by atoms with E-state index in [9.17, 15) is 10.1 Å². The van der Waals surface area contributed by atoms with E-state index in [4.69, 9.17) is 4.74 Å². The molecule has 1 aromatic carbocycles. The van der Waals surface area contributed by atoms with Crippen molar-refractivity contribution in [3.05, 3.63) is 58.3 Å². The van der Waals surface area contributed by atoms with Crippen LogP contribution in [0.15, 0.2) is 47.6 Å². The van der Waals surface area contributed by atoms with E-state index in [-0.39, 0.29) is 5.69 Å². The molecular formula is C13H12N2O3S. The van der Waals surface area contributed by atoms with Crippen molar-refractivity contribution in [1.82, 2.24) is 4.98 Å². The second-order valence-electron chi connectivity index (χ2n) is 3.69. The molecule has 0 aliphatic rings. The summed E-state index contributed by atoms with van der Waals surface area (Å²) in [4.78, 5) is 14.5. The van der Waals surface area contributed by atoms with E-state index in [1.54, 1.807) is 19.4 Å². The zero-order valence-electron chi connectivity index (χ0n) is 10.3. The van der Waals surface area contributed by atoms with Crippen LogP contribution in [-0.2, 0) is 5.75 Å². The fraction of sp³-hybridized carbons (Fsp3) is 0.154. The smallest absolute Gasteiger partial charge is 0.301 e. The molecule has 1 aromatic heterocycles. The van der Waals surface area contributed by atoms with Gasteiger partial charge in [0, 0.05) is 23.6 Å². The number of benzene rings is 1. The van der Waals surface area contributed by atoms with E-state index in [0.717, 1.165) is 11.3 Å². The third kappa shape index (κ3) is 3.23. The highest BCUT2D eigenvalue weighted by molar-refractivity contribution is 7.98.